The van der Waals surface area contributed by atoms with Gasteiger partial charge in [0.2, 0.25) is 0 Å². The molecule has 0 aliphatic rings. The predicted octanol–water partition coefficient (Wildman–Crippen LogP) is 2.47. The van der Waals surface area contributed by atoms with Crippen LogP contribution in [0.15, 0.2) is 18.5 Å². The molecule has 1 unspecified atom stereocenters. The van der Waals surface area contributed by atoms with Gasteiger partial charge in [-0.15, -0.1) is 0 Å². The summed E-state index contributed by atoms with van der Waals surface area (Å²) in [6, 6.07) is 2.41. The third-order valence-corrected chi connectivity index (χ3v) is 2.71. The number of ether oxygens (including phenoxy) is 1. The van der Waals surface area contributed by atoms with Crippen LogP contribution in [0, 0.1) is 6.92 Å². The van der Waals surface area contributed by atoms with E-state index in [1.807, 2.05) is 12.4 Å². The SMILES string of the molecule is CCCNC(CCOC)c1cnccc1C. The molecule has 0 saturated heterocycles. The van der Waals surface area contributed by atoms with Gasteiger partial charge in [-0.2, -0.15) is 0 Å². The highest BCUT2D eigenvalue weighted by molar-refractivity contribution is 5.25. The van der Waals surface area contributed by atoms with Crippen LogP contribution in [0.25, 0.3) is 0 Å². The summed E-state index contributed by atoms with van der Waals surface area (Å²) >= 11 is 0. The normalized spacial score (nSPS) is 12.7. The maximum absolute atomic E-state index is 5.15. The Hall–Kier alpha value is -0.930. The van der Waals surface area contributed by atoms with Crippen LogP contribution < -0.4 is 5.32 Å². The van der Waals surface area contributed by atoms with Gasteiger partial charge in [-0.1, -0.05) is 6.92 Å². The summed E-state index contributed by atoms with van der Waals surface area (Å²) in [6.07, 6.45) is 5.93. The highest BCUT2D eigenvalue weighted by Crippen LogP contribution is 2.19. The van der Waals surface area contributed by atoms with Crippen molar-refractivity contribution in [3.8, 4) is 0 Å². The number of hydrogen-bond acceptors (Lipinski definition) is 3. The van der Waals surface area contributed by atoms with Crippen molar-refractivity contribution in [3.05, 3.63) is 29.6 Å². The molecule has 0 radical (unpaired) electrons. The third-order valence-electron chi connectivity index (χ3n) is 2.71. The zero-order valence-corrected chi connectivity index (χ0v) is 10.5. The third kappa shape index (κ3) is 3.91. The molecule has 0 fully saturated rings. The van der Waals surface area contributed by atoms with E-state index in [2.05, 4.69) is 30.2 Å². The number of aromatic nitrogens is 1. The molecule has 0 saturated carbocycles. The van der Waals surface area contributed by atoms with E-state index < -0.39 is 0 Å². The van der Waals surface area contributed by atoms with Crippen LogP contribution in [-0.2, 0) is 4.74 Å². The van der Waals surface area contributed by atoms with Gasteiger partial charge in [0.1, 0.15) is 0 Å². The fraction of sp³-hybridized carbons (Fsp3) is 0.615. The fourth-order valence-electron chi connectivity index (χ4n) is 1.76. The van der Waals surface area contributed by atoms with Gasteiger partial charge in [-0.3, -0.25) is 4.98 Å². The van der Waals surface area contributed by atoms with Crippen molar-refractivity contribution in [2.75, 3.05) is 20.3 Å². The van der Waals surface area contributed by atoms with E-state index in [-0.39, 0.29) is 0 Å². The van der Waals surface area contributed by atoms with E-state index >= 15 is 0 Å². The molecule has 0 aromatic carbocycles. The first-order valence-corrected chi connectivity index (χ1v) is 5.92. The minimum Gasteiger partial charge on any atom is -0.385 e. The quantitative estimate of drug-likeness (QED) is 0.769. The van der Waals surface area contributed by atoms with Gasteiger partial charge < -0.3 is 10.1 Å². The van der Waals surface area contributed by atoms with Gasteiger partial charge in [0, 0.05) is 32.2 Å². The molecule has 1 aromatic rings. The lowest BCUT2D eigenvalue weighted by molar-refractivity contribution is 0.182. The Morgan fingerprint density at radius 1 is 1.50 bits per heavy atom. The van der Waals surface area contributed by atoms with Crippen LogP contribution in [0.5, 0.6) is 0 Å². The highest BCUT2D eigenvalue weighted by atomic mass is 16.5. The topological polar surface area (TPSA) is 34.1 Å². The van der Waals surface area contributed by atoms with Crippen LogP contribution in [0.3, 0.4) is 0 Å². The van der Waals surface area contributed by atoms with Gasteiger partial charge in [-0.25, -0.2) is 0 Å². The monoisotopic (exact) mass is 222 g/mol. The van der Waals surface area contributed by atoms with Crippen LogP contribution in [0.2, 0.25) is 0 Å². The van der Waals surface area contributed by atoms with Gasteiger partial charge in [0.25, 0.3) is 0 Å². The van der Waals surface area contributed by atoms with E-state index in [9.17, 15) is 0 Å². The molecule has 1 rings (SSSR count). The van der Waals surface area contributed by atoms with Crippen LogP contribution in [0.1, 0.15) is 36.9 Å². The molecular formula is C13H22N2O. The predicted molar refractivity (Wildman–Crippen MR) is 66.5 cm³/mol. The van der Waals surface area contributed by atoms with Crippen molar-refractivity contribution in [2.45, 2.75) is 32.7 Å². The molecule has 1 N–H and O–H groups in total. The number of pyridine rings is 1. The molecule has 0 aliphatic carbocycles. The Morgan fingerprint density at radius 2 is 2.31 bits per heavy atom. The van der Waals surface area contributed by atoms with Crippen LogP contribution in [0.4, 0.5) is 0 Å². The average molecular weight is 222 g/mol. The van der Waals surface area contributed by atoms with Gasteiger partial charge in [-0.05, 0) is 43.5 Å². The van der Waals surface area contributed by atoms with Gasteiger partial charge in [0.15, 0.2) is 0 Å². The Kier molecular flexibility index (Phi) is 6.04. The number of nitrogens with one attached hydrogen (secondary N) is 1. The number of nitrogens with zero attached hydrogens (tertiary/aromatic N) is 1. The number of rotatable bonds is 7. The summed E-state index contributed by atoms with van der Waals surface area (Å²) in [5.41, 5.74) is 2.58. The molecule has 1 aromatic heterocycles. The second-order valence-electron chi connectivity index (χ2n) is 4.02. The molecule has 0 aliphatic heterocycles. The Balaban J connectivity index is 2.70. The molecule has 90 valence electrons. The minimum absolute atomic E-state index is 0.355. The van der Waals surface area contributed by atoms with Crippen molar-refractivity contribution in [2.24, 2.45) is 0 Å². The standard InChI is InChI=1S/C13H22N2O/c1-4-7-15-13(6-9-16-3)12-10-14-8-5-11(12)2/h5,8,10,13,15H,4,6-7,9H2,1-3H3. The molecule has 16 heavy (non-hydrogen) atoms. The number of aryl methyl sites for hydroxylation is 1. The second-order valence-corrected chi connectivity index (χ2v) is 4.02. The van der Waals surface area contributed by atoms with Crippen molar-refractivity contribution in [3.63, 3.8) is 0 Å². The average Bonchev–Trinajstić information content (AvgIpc) is 2.31. The molecule has 1 atom stereocenters. The van der Waals surface area contributed by atoms with Crippen molar-refractivity contribution < 1.29 is 4.74 Å². The second kappa shape index (κ2) is 7.36. The molecule has 0 spiro atoms. The van der Waals surface area contributed by atoms with Crippen molar-refractivity contribution in [1.82, 2.24) is 10.3 Å². The fourth-order valence-corrected chi connectivity index (χ4v) is 1.76. The molecule has 3 heteroatoms. The summed E-state index contributed by atoms with van der Waals surface area (Å²) in [4.78, 5) is 4.20. The lowest BCUT2D eigenvalue weighted by Gasteiger charge is -2.20. The summed E-state index contributed by atoms with van der Waals surface area (Å²) in [7, 11) is 1.74. The first-order valence-electron chi connectivity index (χ1n) is 5.92. The van der Waals surface area contributed by atoms with E-state index in [4.69, 9.17) is 4.74 Å². The van der Waals surface area contributed by atoms with Gasteiger partial charge in [0.05, 0.1) is 0 Å². The number of methoxy groups -OCH3 is 1. The smallest absolute Gasteiger partial charge is 0.0480 e. The molecule has 0 bridgehead atoms. The van der Waals surface area contributed by atoms with E-state index in [1.54, 1.807) is 7.11 Å². The van der Waals surface area contributed by atoms with E-state index in [1.165, 1.54) is 11.1 Å². The summed E-state index contributed by atoms with van der Waals surface area (Å²) in [5.74, 6) is 0. The lowest BCUT2D eigenvalue weighted by Crippen LogP contribution is -2.24. The van der Waals surface area contributed by atoms with E-state index in [0.717, 1.165) is 26.0 Å². The summed E-state index contributed by atoms with van der Waals surface area (Å²) in [6.45, 7) is 6.11. The molecule has 0 amide bonds. The van der Waals surface area contributed by atoms with Crippen molar-refractivity contribution >= 4 is 0 Å². The highest BCUT2D eigenvalue weighted by Gasteiger charge is 2.12. The Bertz CT molecular complexity index is 294. The first-order chi connectivity index (χ1) is 7.79. The van der Waals surface area contributed by atoms with Gasteiger partial charge >= 0.3 is 0 Å². The summed E-state index contributed by atoms with van der Waals surface area (Å²) < 4.78 is 5.15. The number of hydrogen-bond donors (Lipinski definition) is 1. The lowest BCUT2D eigenvalue weighted by atomic mass is 10.0. The largest absolute Gasteiger partial charge is 0.385 e. The zero-order valence-electron chi connectivity index (χ0n) is 10.5. The van der Waals surface area contributed by atoms with Crippen LogP contribution >= 0.6 is 0 Å². The minimum atomic E-state index is 0.355. The van der Waals surface area contributed by atoms with Crippen LogP contribution in [-0.4, -0.2) is 25.2 Å². The van der Waals surface area contributed by atoms with E-state index in [0.29, 0.717) is 6.04 Å². The zero-order chi connectivity index (χ0) is 11.8. The van der Waals surface area contributed by atoms with Crippen molar-refractivity contribution in [1.29, 1.82) is 0 Å². The molecule has 1 heterocycles. The molecular weight excluding hydrogens is 200 g/mol. The maximum atomic E-state index is 5.15. The Labute approximate surface area is 98.2 Å². The maximum Gasteiger partial charge on any atom is 0.0480 e. The summed E-state index contributed by atoms with van der Waals surface area (Å²) in [5, 5.41) is 3.54. The molecule has 3 nitrogen and oxygen atoms in total. The Morgan fingerprint density at radius 3 is 2.94 bits per heavy atom. The first kappa shape index (κ1) is 13.1.